The standard InChI is InChI=1S/C29H25N3O4S/c33-28(34)16-20-7-10-22(11-8-20)35-18-29(13-14-29)19-36-26-12-9-21(27-6-3-15-37-27)17-25(26)32-30-23-4-1-2-5-24(23)31-32/h1-12,15,17H,13-14,16,18-19H2,(H,33,34). The first-order chi connectivity index (χ1) is 18.1. The Bertz CT molecular complexity index is 1510. The molecular formula is C29H25N3O4S. The molecular weight excluding hydrogens is 486 g/mol. The molecule has 2 heterocycles. The lowest BCUT2D eigenvalue weighted by atomic mass is 10.1. The minimum Gasteiger partial charge on any atom is -0.493 e. The van der Waals surface area contributed by atoms with Gasteiger partial charge in [0.1, 0.15) is 28.2 Å². The summed E-state index contributed by atoms with van der Waals surface area (Å²) in [5.41, 5.74) is 4.25. The van der Waals surface area contributed by atoms with Crippen molar-refractivity contribution >= 4 is 28.3 Å². The predicted molar refractivity (Wildman–Crippen MR) is 143 cm³/mol. The van der Waals surface area contributed by atoms with Crippen molar-refractivity contribution < 1.29 is 19.4 Å². The van der Waals surface area contributed by atoms with Gasteiger partial charge in [0.2, 0.25) is 0 Å². The first-order valence-corrected chi connectivity index (χ1v) is 13.0. The molecule has 186 valence electrons. The minimum atomic E-state index is -0.844. The van der Waals surface area contributed by atoms with Gasteiger partial charge in [-0.1, -0.05) is 30.3 Å². The number of nitrogens with zero attached hydrogens (tertiary/aromatic N) is 3. The second kappa shape index (κ2) is 9.71. The topological polar surface area (TPSA) is 86.5 Å². The van der Waals surface area contributed by atoms with Crippen molar-refractivity contribution in [2.45, 2.75) is 19.3 Å². The first kappa shape index (κ1) is 23.2. The third-order valence-electron chi connectivity index (χ3n) is 6.58. The molecule has 1 fully saturated rings. The average molecular weight is 512 g/mol. The summed E-state index contributed by atoms with van der Waals surface area (Å²) in [6.45, 7) is 1.06. The Morgan fingerprint density at radius 3 is 2.30 bits per heavy atom. The SMILES string of the molecule is O=C(O)Cc1ccc(OCC2(COc3ccc(-c4cccs4)cc3-n3nc4ccccc4n3)CC2)cc1. The zero-order valence-electron chi connectivity index (χ0n) is 20.0. The van der Waals surface area contributed by atoms with Crippen LogP contribution >= 0.6 is 11.3 Å². The van der Waals surface area contributed by atoms with Crippen molar-refractivity contribution in [1.29, 1.82) is 0 Å². The summed E-state index contributed by atoms with van der Waals surface area (Å²) in [4.78, 5) is 13.7. The Morgan fingerprint density at radius 2 is 1.65 bits per heavy atom. The van der Waals surface area contributed by atoms with Crippen molar-refractivity contribution in [3.8, 4) is 27.6 Å². The number of benzene rings is 3. The molecule has 2 aromatic heterocycles. The van der Waals surface area contributed by atoms with E-state index in [0.717, 1.165) is 52.2 Å². The number of aliphatic carboxylic acids is 1. The first-order valence-electron chi connectivity index (χ1n) is 12.1. The fraction of sp³-hybridized carbons (Fsp3) is 0.207. The third-order valence-corrected chi connectivity index (χ3v) is 7.50. The number of hydrogen-bond acceptors (Lipinski definition) is 6. The molecule has 0 atom stereocenters. The summed E-state index contributed by atoms with van der Waals surface area (Å²) in [6, 6.07) is 25.3. The van der Waals surface area contributed by atoms with E-state index in [1.54, 1.807) is 28.3 Å². The molecule has 1 aliphatic rings. The lowest BCUT2D eigenvalue weighted by Crippen LogP contribution is -2.21. The summed E-state index contributed by atoms with van der Waals surface area (Å²) in [7, 11) is 0. The molecule has 5 aromatic rings. The van der Waals surface area contributed by atoms with E-state index in [0.29, 0.717) is 13.2 Å². The highest BCUT2D eigenvalue weighted by Gasteiger charge is 2.44. The van der Waals surface area contributed by atoms with Crippen LogP contribution < -0.4 is 9.47 Å². The van der Waals surface area contributed by atoms with Gasteiger partial charge in [-0.3, -0.25) is 4.79 Å². The van der Waals surface area contributed by atoms with Crippen LogP contribution in [0, 0.1) is 5.41 Å². The molecule has 0 aliphatic heterocycles. The van der Waals surface area contributed by atoms with E-state index in [1.165, 1.54) is 4.88 Å². The molecule has 37 heavy (non-hydrogen) atoms. The quantitative estimate of drug-likeness (QED) is 0.247. The Labute approximate surface area is 217 Å². The number of carbonyl (C=O) groups is 1. The van der Waals surface area contributed by atoms with Crippen molar-refractivity contribution in [2.75, 3.05) is 13.2 Å². The van der Waals surface area contributed by atoms with Crippen molar-refractivity contribution in [3.63, 3.8) is 0 Å². The van der Waals surface area contributed by atoms with Crippen molar-refractivity contribution in [3.05, 3.63) is 89.8 Å². The molecule has 1 saturated carbocycles. The molecule has 0 radical (unpaired) electrons. The maximum absolute atomic E-state index is 10.9. The second-order valence-corrected chi connectivity index (χ2v) is 10.4. The molecule has 0 saturated heterocycles. The lowest BCUT2D eigenvalue weighted by molar-refractivity contribution is -0.136. The molecule has 0 unspecified atom stereocenters. The number of aromatic nitrogens is 3. The summed E-state index contributed by atoms with van der Waals surface area (Å²) in [5.74, 6) is 0.614. The molecule has 1 N–H and O–H groups in total. The highest BCUT2D eigenvalue weighted by atomic mass is 32.1. The molecule has 3 aromatic carbocycles. The van der Waals surface area contributed by atoms with Gasteiger partial charge in [-0.2, -0.15) is 0 Å². The smallest absolute Gasteiger partial charge is 0.307 e. The van der Waals surface area contributed by atoms with Crippen LogP contribution in [0.4, 0.5) is 0 Å². The second-order valence-electron chi connectivity index (χ2n) is 9.43. The van der Waals surface area contributed by atoms with Crippen LogP contribution in [0.5, 0.6) is 11.5 Å². The van der Waals surface area contributed by atoms with E-state index in [-0.39, 0.29) is 11.8 Å². The maximum atomic E-state index is 10.9. The van der Waals surface area contributed by atoms with E-state index in [1.807, 2.05) is 48.5 Å². The number of fused-ring (bicyclic) bond motifs is 1. The summed E-state index contributed by atoms with van der Waals surface area (Å²) < 4.78 is 12.4. The Balaban J connectivity index is 1.19. The lowest BCUT2D eigenvalue weighted by Gasteiger charge is -2.19. The minimum absolute atomic E-state index is 0.00629. The van der Waals surface area contributed by atoms with Crippen LogP contribution in [0.15, 0.2) is 84.2 Å². The third kappa shape index (κ3) is 5.20. The number of thiophene rings is 1. The molecule has 7 nitrogen and oxygen atoms in total. The van der Waals surface area contributed by atoms with Crippen LogP contribution in [0.25, 0.3) is 27.2 Å². The fourth-order valence-corrected chi connectivity index (χ4v) is 4.94. The van der Waals surface area contributed by atoms with E-state index in [9.17, 15) is 4.79 Å². The van der Waals surface area contributed by atoms with Gasteiger partial charge in [0, 0.05) is 10.3 Å². The van der Waals surface area contributed by atoms with Crippen LogP contribution in [-0.4, -0.2) is 39.3 Å². The van der Waals surface area contributed by atoms with Gasteiger partial charge in [0.05, 0.1) is 19.6 Å². The van der Waals surface area contributed by atoms with Crippen LogP contribution in [0.2, 0.25) is 0 Å². The van der Waals surface area contributed by atoms with Crippen LogP contribution in [0.1, 0.15) is 18.4 Å². The maximum Gasteiger partial charge on any atom is 0.307 e. The Morgan fingerprint density at radius 1 is 0.919 bits per heavy atom. The van der Waals surface area contributed by atoms with Crippen LogP contribution in [0.3, 0.4) is 0 Å². The van der Waals surface area contributed by atoms with Gasteiger partial charge in [-0.05, 0) is 77.9 Å². The summed E-state index contributed by atoms with van der Waals surface area (Å²) >= 11 is 1.69. The molecule has 0 amide bonds. The Kier molecular flexibility index (Phi) is 6.10. The normalized spacial score (nSPS) is 13.9. The summed E-state index contributed by atoms with van der Waals surface area (Å²) in [5, 5.41) is 20.4. The predicted octanol–water partition coefficient (Wildman–Crippen LogP) is 6.01. The number of carboxylic acids is 1. The van der Waals surface area contributed by atoms with Gasteiger partial charge in [0.25, 0.3) is 0 Å². The molecule has 6 rings (SSSR count). The summed E-state index contributed by atoms with van der Waals surface area (Å²) in [6.07, 6.45) is 2.06. The number of carboxylic acid groups (broad SMARTS) is 1. The van der Waals surface area contributed by atoms with Gasteiger partial charge < -0.3 is 14.6 Å². The van der Waals surface area contributed by atoms with Crippen molar-refractivity contribution in [1.82, 2.24) is 15.0 Å². The monoisotopic (exact) mass is 511 g/mol. The van der Waals surface area contributed by atoms with E-state index < -0.39 is 5.97 Å². The Hall–Kier alpha value is -4.17. The molecule has 1 aliphatic carbocycles. The van der Waals surface area contributed by atoms with E-state index >= 15 is 0 Å². The zero-order valence-corrected chi connectivity index (χ0v) is 20.9. The van der Waals surface area contributed by atoms with Gasteiger partial charge in [-0.15, -0.1) is 26.3 Å². The largest absolute Gasteiger partial charge is 0.493 e. The zero-order chi connectivity index (χ0) is 25.2. The average Bonchev–Trinajstić information content (AvgIpc) is 3.28. The number of rotatable bonds is 10. The van der Waals surface area contributed by atoms with Gasteiger partial charge >= 0.3 is 5.97 Å². The molecule has 0 spiro atoms. The van der Waals surface area contributed by atoms with Gasteiger partial charge in [0.15, 0.2) is 0 Å². The van der Waals surface area contributed by atoms with E-state index in [2.05, 4.69) is 23.6 Å². The number of hydrogen-bond donors (Lipinski definition) is 1. The van der Waals surface area contributed by atoms with Crippen molar-refractivity contribution in [2.24, 2.45) is 5.41 Å². The van der Waals surface area contributed by atoms with Gasteiger partial charge in [-0.25, -0.2) is 0 Å². The van der Waals surface area contributed by atoms with E-state index in [4.69, 9.17) is 24.8 Å². The van der Waals surface area contributed by atoms with Crippen LogP contribution in [-0.2, 0) is 11.2 Å². The number of ether oxygens (including phenoxy) is 2. The highest BCUT2D eigenvalue weighted by molar-refractivity contribution is 7.13. The molecule has 8 heteroatoms. The fourth-order valence-electron chi connectivity index (χ4n) is 4.21. The molecule has 0 bridgehead atoms. The highest BCUT2D eigenvalue weighted by Crippen LogP contribution is 2.46.